The molecule has 22 heavy (non-hydrogen) atoms. The van der Waals surface area contributed by atoms with E-state index in [9.17, 15) is 4.79 Å². The lowest BCUT2D eigenvalue weighted by Crippen LogP contribution is -2.56. The molecule has 0 unspecified atom stereocenters. The minimum atomic E-state index is -0.535. The van der Waals surface area contributed by atoms with Crippen molar-refractivity contribution in [3.8, 4) is 0 Å². The van der Waals surface area contributed by atoms with E-state index in [-0.39, 0.29) is 12.7 Å². The molecule has 0 spiro atoms. The van der Waals surface area contributed by atoms with Crippen molar-refractivity contribution in [2.45, 2.75) is 40.2 Å². The summed E-state index contributed by atoms with van der Waals surface area (Å²) in [6, 6.07) is 0. The third-order valence-electron chi connectivity index (χ3n) is 3.90. The summed E-state index contributed by atoms with van der Waals surface area (Å²) in [6.45, 7) is 16.0. The number of carbonyl (C=O) groups excluding carboxylic acids is 1. The largest absolute Gasteiger partial charge is 0.500 e. The number of methoxy groups -OCH3 is 1. The summed E-state index contributed by atoms with van der Waals surface area (Å²) in [4.78, 5) is 14.8. The van der Waals surface area contributed by atoms with Crippen molar-refractivity contribution < 1.29 is 11.0 Å². The summed E-state index contributed by atoms with van der Waals surface area (Å²) in [5, 5.41) is 2.92. The maximum absolute atomic E-state index is 12.6. The van der Waals surface area contributed by atoms with Crippen LogP contribution < -0.4 is 5.32 Å². The van der Waals surface area contributed by atoms with Crippen LogP contribution >= 0.6 is 11.8 Å². The highest BCUT2D eigenvalue weighted by Gasteiger charge is 2.35. The van der Waals surface area contributed by atoms with Gasteiger partial charge in [-0.25, -0.2) is 0 Å². The normalized spacial score (nSPS) is 18.0. The number of rotatable bonds is 5. The van der Waals surface area contributed by atoms with Crippen molar-refractivity contribution >= 4 is 17.7 Å². The smallest absolute Gasteiger partial charge is 0.244 e. The van der Waals surface area contributed by atoms with Crippen molar-refractivity contribution in [3.05, 3.63) is 24.1 Å². The number of ether oxygens (including phenoxy) is 1. The fourth-order valence-electron chi connectivity index (χ4n) is 2.34. The fourth-order valence-corrected chi connectivity index (χ4v) is 3.24. The molecular weight excluding hydrogens is 296 g/mol. The molecule has 1 fully saturated rings. The molecule has 128 valence electrons. The van der Waals surface area contributed by atoms with Crippen LogP contribution in [-0.2, 0) is 9.53 Å². The quantitative estimate of drug-likeness (QED) is 0.621. The number of thioether (sulfide) groups is 1. The summed E-state index contributed by atoms with van der Waals surface area (Å²) < 4.78 is 5.40. The molecule has 0 aromatic carbocycles. The van der Waals surface area contributed by atoms with Gasteiger partial charge in [-0.05, 0) is 19.9 Å². The lowest BCUT2D eigenvalue weighted by atomic mass is 9.93. The third kappa shape index (κ3) is 5.06. The average molecular weight is 329 g/mol. The van der Waals surface area contributed by atoms with Gasteiger partial charge in [0, 0.05) is 37.1 Å². The van der Waals surface area contributed by atoms with Gasteiger partial charge in [0.25, 0.3) is 0 Å². The van der Waals surface area contributed by atoms with Crippen LogP contribution in [0.5, 0.6) is 0 Å². The Kier molecular flexibility index (Phi) is 6.56. The Balaban J connectivity index is 0.00000484. The maximum Gasteiger partial charge on any atom is 0.244 e. The molecule has 0 aromatic heterocycles. The van der Waals surface area contributed by atoms with E-state index in [1.54, 1.807) is 13.2 Å². The zero-order valence-electron chi connectivity index (χ0n) is 14.8. The van der Waals surface area contributed by atoms with Crippen molar-refractivity contribution in [1.82, 2.24) is 10.2 Å². The number of nitrogens with one attached hydrogen (secondary N) is 1. The Hall–Kier alpha value is -0.940. The van der Waals surface area contributed by atoms with Crippen LogP contribution in [-0.4, -0.2) is 48.1 Å². The molecular formula is C17H32N2O2S. The van der Waals surface area contributed by atoms with Gasteiger partial charge in [0.15, 0.2) is 0 Å². The lowest BCUT2D eigenvalue weighted by molar-refractivity contribution is -0.130. The number of hydrogen-bond donors (Lipinski definition) is 1. The Morgan fingerprint density at radius 1 is 1.27 bits per heavy atom. The van der Waals surface area contributed by atoms with E-state index in [1.165, 1.54) is 0 Å². The molecule has 1 heterocycles. The van der Waals surface area contributed by atoms with Gasteiger partial charge in [0.1, 0.15) is 5.76 Å². The molecule has 1 N–H and O–H groups in total. The van der Waals surface area contributed by atoms with E-state index in [0.717, 1.165) is 30.4 Å². The zero-order chi connectivity index (χ0) is 17.0. The Labute approximate surface area is 140 Å². The molecule has 0 aliphatic carbocycles. The number of nitrogens with zero attached hydrogens (tertiary/aromatic N) is 1. The van der Waals surface area contributed by atoms with Crippen molar-refractivity contribution in [2.24, 2.45) is 5.41 Å². The molecule has 0 radical (unpaired) electrons. The van der Waals surface area contributed by atoms with Crippen LogP contribution in [0.1, 0.15) is 36.0 Å². The Morgan fingerprint density at radius 3 is 2.27 bits per heavy atom. The van der Waals surface area contributed by atoms with Crippen LogP contribution in [0.3, 0.4) is 0 Å². The molecule has 5 heteroatoms. The highest BCUT2D eigenvalue weighted by molar-refractivity contribution is 7.99. The predicted octanol–water partition coefficient (Wildman–Crippen LogP) is 3.27. The minimum Gasteiger partial charge on any atom is -0.500 e. The first kappa shape index (κ1) is 19.1. The minimum absolute atomic E-state index is 0. The Bertz CT molecular complexity index is 450. The topological polar surface area (TPSA) is 41.6 Å². The first-order chi connectivity index (χ1) is 10.1. The van der Waals surface area contributed by atoms with Gasteiger partial charge < -0.3 is 10.1 Å². The second-order valence-corrected chi connectivity index (χ2v) is 8.33. The summed E-state index contributed by atoms with van der Waals surface area (Å²) >= 11 is 1.94. The van der Waals surface area contributed by atoms with Gasteiger partial charge in [0.05, 0.1) is 12.6 Å². The first-order valence-electron chi connectivity index (χ1n) is 7.68. The van der Waals surface area contributed by atoms with E-state index in [4.69, 9.17) is 4.74 Å². The molecule has 1 amide bonds. The maximum atomic E-state index is 12.6. The fraction of sp³-hybridized carbons (Fsp3) is 0.706. The summed E-state index contributed by atoms with van der Waals surface area (Å²) in [5.41, 5.74) is -0.0920. The standard InChI is InChI=1S/C17H30N2O2S.H2/c1-13(12-14(21-7)16(2,3)4)18-15(20)17(5,6)19-8-10-22-11-9-19;/h12H,1,8-11H2,2-7H3,(H,18,20);1H/b14-12-;. The van der Waals surface area contributed by atoms with Gasteiger partial charge >= 0.3 is 0 Å². The molecule has 0 bridgehead atoms. The van der Waals surface area contributed by atoms with E-state index >= 15 is 0 Å². The molecule has 4 nitrogen and oxygen atoms in total. The number of allylic oxidation sites excluding steroid dienone is 2. The molecule has 0 aromatic rings. The molecule has 1 aliphatic rings. The van der Waals surface area contributed by atoms with Crippen LogP contribution in [0.2, 0.25) is 0 Å². The molecule has 1 aliphatic heterocycles. The van der Waals surface area contributed by atoms with Crippen molar-refractivity contribution in [2.75, 3.05) is 31.7 Å². The molecule has 0 atom stereocenters. The highest BCUT2D eigenvalue weighted by Crippen LogP contribution is 2.26. The second-order valence-electron chi connectivity index (χ2n) is 7.10. The van der Waals surface area contributed by atoms with Crippen molar-refractivity contribution in [1.29, 1.82) is 0 Å². The molecule has 1 rings (SSSR count). The van der Waals surface area contributed by atoms with Crippen LogP contribution in [0.25, 0.3) is 0 Å². The third-order valence-corrected chi connectivity index (χ3v) is 4.84. The molecule has 0 saturated carbocycles. The summed E-state index contributed by atoms with van der Waals surface area (Å²) in [7, 11) is 1.64. The summed E-state index contributed by atoms with van der Waals surface area (Å²) in [6.07, 6.45) is 1.81. The van der Waals surface area contributed by atoms with Gasteiger partial charge in [-0.1, -0.05) is 27.4 Å². The van der Waals surface area contributed by atoms with E-state index in [2.05, 4.69) is 37.6 Å². The van der Waals surface area contributed by atoms with Gasteiger partial charge in [0.2, 0.25) is 5.91 Å². The lowest BCUT2D eigenvalue weighted by Gasteiger charge is -2.39. The van der Waals surface area contributed by atoms with Crippen molar-refractivity contribution in [3.63, 3.8) is 0 Å². The Morgan fingerprint density at radius 2 is 1.82 bits per heavy atom. The van der Waals surface area contributed by atoms with Crippen LogP contribution in [0.15, 0.2) is 24.1 Å². The monoisotopic (exact) mass is 328 g/mol. The second kappa shape index (κ2) is 7.55. The first-order valence-corrected chi connectivity index (χ1v) is 8.84. The van der Waals surface area contributed by atoms with E-state index in [0.29, 0.717) is 5.70 Å². The number of amides is 1. The highest BCUT2D eigenvalue weighted by atomic mass is 32.2. The predicted molar refractivity (Wildman–Crippen MR) is 96.9 cm³/mol. The zero-order valence-corrected chi connectivity index (χ0v) is 15.6. The number of hydrogen-bond acceptors (Lipinski definition) is 4. The van der Waals surface area contributed by atoms with Gasteiger partial charge in [-0.15, -0.1) is 0 Å². The van der Waals surface area contributed by atoms with Crippen LogP contribution in [0.4, 0.5) is 0 Å². The van der Waals surface area contributed by atoms with E-state index < -0.39 is 5.54 Å². The van der Waals surface area contributed by atoms with Gasteiger partial charge in [-0.3, -0.25) is 9.69 Å². The van der Waals surface area contributed by atoms with E-state index in [1.807, 2.05) is 25.6 Å². The molecule has 1 saturated heterocycles. The average Bonchev–Trinajstić information content (AvgIpc) is 2.44. The number of carbonyl (C=O) groups is 1. The summed E-state index contributed by atoms with van der Waals surface area (Å²) in [5.74, 6) is 2.93. The SMILES string of the molecule is C=C(/C=C(\OC)C(C)(C)C)NC(=O)C(C)(C)N1CCSCC1.[HH]. The van der Waals surface area contributed by atoms with Gasteiger partial charge in [-0.2, -0.15) is 11.8 Å². The van der Waals surface area contributed by atoms with Crippen LogP contribution in [0, 0.1) is 5.41 Å².